The van der Waals surface area contributed by atoms with E-state index in [4.69, 9.17) is 14.5 Å². The van der Waals surface area contributed by atoms with Crippen molar-refractivity contribution in [3.63, 3.8) is 0 Å². The molecule has 2 rings (SSSR count). The molecular weight excluding hydrogens is 248 g/mol. The molecule has 0 saturated carbocycles. The molecule has 0 N–H and O–H groups in total. The van der Waals surface area contributed by atoms with Gasteiger partial charge >= 0.3 is 5.08 Å². The Morgan fingerprint density at radius 2 is 2.26 bits per heavy atom. The number of nitrogens with zero attached hydrogens (tertiary/aromatic N) is 4. The van der Waals surface area contributed by atoms with Crippen molar-refractivity contribution in [3.8, 4) is 5.75 Å². The number of hydrogen-bond acceptors (Lipinski definition) is 6. The van der Waals surface area contributed by atoms with Gasteiger partial charge < -0.3 is 9.15 Å². The van der Waals surface area contributed by atoms with Gasteiger partial charge in [-0.2, -0.15) is 0 Å². The van der Waals surface area contributed by atoms with Crippen LogP contribution in [0.25, 0.3) is 5.08 Å². The van der Waals surface area contributed by atoms with E-state index in [9.17, 15) is 4.79 Å². The summed E-state index contributed by atoms with van der Waals surface area (Å²) in [7, 11) is 1.41. The molecule has 0 unspecified atom stereocenters. The lowest BCUT2D eigenvalue weighted by molar-refractivity contribution is 0.180. The fourth-order valence-electron chi connectivity index (χ4n) is 2.11. The summed E-state index contributed by atoms with van der Waals surface area (Å²) < 4.78 is 10.1. The molecule has 7 nitrogen and oxygen atoms in total. The van der Waals surface area contributed by atoms with Crippen molar-refractivity contribution in [1.29, 1.82) is 5.39 Å². The van der Waals surface area contributed by atoms with E-state index >= 15 is 0 Å². The lowest BCUT2D eigenvalue weighted by Crippen LogP contribution is -2.31. The van der Waals surface area contributed by atoms with Crippen molar-refractivity contribution in [2.75, 3.05) is 26.9 Å². The van der Waals surface area contributed by atoms with Crippen LogP contribution in [-0.2, 0) is 6.54 Å². The second kappa shape index (κ2) is 6.20. The number of rotatable bonds is 5. The van der Waals surface area contributed by atoms with Gasteiger partial charge in [0.05, 0.1) is 7.11 Å². The summed E-state index contributed by atoms with van der Waals surface area (Å²) in [6, 6.07) is 1.35. The molecule has 0 atom stereocenters. The van der Waals surface area contributed by atoms with Crippen LogP contribution in [-0.4, -0.2) is 36.8 Å². The summed E-state index contributed by atoms with van der Waals surface area (Å²) in [4.78, 5) is 13.8. The van der Waals surface area contributed by atoms with Crippen LogP contribution in [0.3, 0.4) is 0 Å². The van der Waals surface area contributed by atoms with Crippen molar-refractivity contribution in [3.05, 3.63) is 33.4 Å². The summed E-state index contributed by atoms with van der Waals surface area (Å²) in [6.45, 7) is 2.76. The fraction of sp³-hybridized carbons (Fsp3) is 0.583. The van der Waals surface area contributed by atoms with Crippen LogP contribution in [0.4, 0.5) is 0 Å². The Morgan fingerprint density at radius 1 is 1.53 bits per heavy atom. The zero-order chi connectivity index (χ0) is 13.7. The molecule has 0 amide bonds. The van der Waals surface area contributed by atoms with Gasteiger partial charge in [0.15, 0.2) is 6.54 Å². The van der Waals surface area contributed by atoms with Crippen LogP contribution in [0.2, 0.25) is 0 Å². The van der Waals surface area contributed by atoms with Gasteiger partial charge in [-0.05, 0) is 17.9 Å². The normalized spacial score (nSPS) is 15.2. The highest BCUT2D eigenvalue weighted by atomic mass is 16.5. The third-order valence-electron chi connectivity index (χ3n) is 3.10. The molecule has 102 valence electrons. The number of hydrogen-bond donors (Lipinski definition) is 0. The van der Waals surface area contributed by atoms with Crippen LogP contribution < -0.4 is 10.2 Å². The smallest absolute Gasteiger partial charge is 0.307 e. The molecule has 1 saturated heterocycles. The zero-order valence-electron chi connectivity index (χ0n) is 10.9. The average molecular weight is 265 g/mol. The van der Waals surface area contributed by atoms with Crippen LogP contribution in [0.1, 0.15) is 18.6 Å². The van der Waals surface area contributed by atoms with Crippen molar-refractivity contribution < 1.29 is 9.15 Å². The first-order chi connectivity index (χ1) is 9.22. The van der Waals surface area contributed by atoms with Crippen molar-refractivity contribution in [1.82, 2.24) is 9.91 Å². The summed E-state index contributed by atoms with van der Waals surface area (Å²) >= 11 is 0. The number of methoxy groups -OCH3 is 1. The molecule has 2 heterocycles. The fourth-order valence-corrected chi connectivity index (χ4v) is 2.11. The van der Waals surface area contributed by atoms with E-state index in [0.29, 0.717) is 12.4 Å². The SMILES string of the molecule is COc1coc(CN(CN2CCCC2)[N+]#N)cc1=O. The minimum atomic E-state index is -0.247. The molecule has 7 heteroatoms. The average Bonchev–Trinajstić information content (AvgIpc) is 2.91. The minimum absolute atomic E-state index is 0.163. The van der Waals surface area contributed by atoms with Gasteiger partial charge in [0.1, 0.15) is 18.7 Å². The van der Waals surface area contributed by atoms with E-state index in [1.165, 1.54) is 24.4 Å². The number of likely N-dealkylation sites (tertiary alicyclic amines) is 1. The first-order valence-corrected chi connectivity index (χ1v) is 6.21. The van der Waals surface area contributed by atoms with Crippen LogP contribution in [0, 0.1) is 5.39 Å². The van der Waals surface area contributed by atoms with Crippen molar-refractivity contribution in [2.24, 2.45) is 0 Å². The molecule has 1 aliphatic rings. The first-order valence-electron chi connectivity index (χ1n) is 6.21. The molecule has 1 aromatic heterocycles. The van der Waals surface area contributed by atoms with E-state index < -0.39 is 0 Å². The highest BCUT2D eigenvalue weighted by Crippen LogP contribution is 2.12. The lowest BCUT2D eigenvalue weighted by Gasteiger charge is -2.14. The largest absolute Gasteiger partial charge is 0.490 e. The van der Waals surface area contributed by atoms with E-state index in [2.05, 4.69) is 9.98 Å². The summed E-state index contributed by atoms with van der Waals surface area (Å²) in [5.41, 5.74) is -0.247. The van der Waals surface area contributed by atoms with Gasteiger partial charge in [-0.25, -0.2) is 0 Å². The van der Waals surface area contributed by atoms with E-state index in [1.807, 2.05) is 0 Å². The molecule has 19 heavy (non-hydrogen) atoms. The quantitative estimate of drug-likeness (QED) is 0.589. The van der Waals surface area contributed by atoms with E-state index in [-0.39, 0.29) is 17.7 Å². The maximum Gasteiger partial charge on any atom is 0.307 e. The van der Waals surface area contributed by atoms with E-state index in [0.717, 1.165) is 25.9 Å². The Kier molecular flexibility index (Phi) is 4.36. The maximum absolute atomic E-state index is 11.6. The predicted molar refractivity (Wildman–Crippen MR) is 67.8 cm³/mol. The molecule has 1 aliphatic heterocycles. The molecule has 0 spiro atoms. The topological polar surface area (TPSA) is 74.1 Å². The predicted octanol–water partition coefficient (Wildman–Crippen LogP) is 1.27. The summed E-state index contributed by atoms with van der Waals surface area (Å²) in [6.07, 6.45) is 3.59. The highest BCUT2D eigenvalue weighted by molar-refractivity contribution is 5.17. The monoisotopic (exact) mass is 265 g/mol. The first kappa shape index (κ1) is 13.4. The van der Waals surface area contributed by atoms with Crippen LogP contribution in [0.15, 0.2) is 21.5 Å². The second-order valence-corrected chi connectivity index (χ2v) is 4.50. The Labute approximate surface area is 111 Å². The van der Waals surface area contributed by atoms with E-state index in [1.54, 1.807) is 0 Å². The maximum atomic E-state index is 11.6. The Balaban J connectivity index is 1.99. The Hall–Kier alpha value is -2.07. The third-order valence-corrected chi connectivity index (χ3v) is 3.10. The van der Waals surface area contributed by atoms with Crippen molar-refractivity contribution >= 4 is 0 Å². The van der Waals surface area contributed by atoms with Crippen LogP contribution in [0.5, 0.6) is 5.75 Å². The van der Waals surface area contributed by atoms with Crippen molar-refractivity contribution in [2.45, 2.75) is 19.4 Å². The number of diazo groups is 1. The van der Waals surface area contributed by atoms with Gasteiger partial charge in [0.2, 0.25) is 11.2 Å². The molecule has 0 aliphatic carbocycles. The lowest BCUT2D eigenvalue weighted by atomic mass is 10.3. The standard InChI is InChI=1S/C12H17N4O3/c1-18-12-8-19-10(6-11(12)17)7-16(14-13)9-15-4-2-3-5-15/h6,8H,2-5,7,9H2,1H3/q+1. The third kappa shape index (κ3) is 3.45. The van der Waals surface area contributed by atoms with Gasteiger partial charge in [0, 0.05) is 19.2 Å². The second-order valence-electron chi connectivity index (χ2n) is 4.50. The summed E-state index contributed by atoms with van der Waals surface area (Å²) in [5.74, 6) is 0.596. The molecular formula is C12H17N4O3+. The molecule has 0 bridgehead atoms. The molecule has 0 aromatic carbocycles. The molecule has 1 aromatic rings. The number of ether oxygens (including phenoxy) is 1. The van der Waals surface area contributed by atoms with Crippen LogP contribution >= 0.6 is 0 Å². The van der Waals surface area contributed by atoms with Gasteiger partial charge in [-0.15, -0.1) is 0 Å². The Morgan fingerprint density at radius 3 is 2.84 bits per heavy atom. The summed E-state index contributed by atoms with van der Waals surface area (Å²) in [5, 5.41) is 13.7. The van der Waals surface area contributed by atoms with Gasteiger partial charge in [-0.3, -0.25) is 9.69 Å². The molecule has 0 radical (unpaired) electrons. The highest BCUT2D eigenvalue weighted by Gasteiger charge is 2.22. The minimum Gasteiger partial charge on any atom is -0.490 e. The molecule has 1 fully saturated rings. The Bertz CT molecular complexity index is 516. The van der Waals surface area contributed by atoms with Gasteiger partial charge in [0.25, 0.3) is 5.39 Å². The zero-order valence-corrected chi connectivity index (χ0v) is 10.9. The van der Waals surface area contributed by atoms with Gasteiger partial charge in [-0.1, -0.05) is 0 Å².